The predicted molar refractivity (Wildman–Crippen MR) is 38.8 cm³/mol. The molecule has 0 aromatic heterocycles. The fourth-order valence-electron chi connectivity index (χ4n) is 0.445. The molecule has 0 radical (unpaired) electrons. The standard InChI is InChI=1S/C5H9NO4S/c1-11(9,10)4-5(8)6-2-3-7/h3H,2,4H2,1H3,(H,6,8). The summed E-state index contributed by atoms with van der Waals surface area (Å²) in [6.07, 6.45) is 1.44. The highest BCUT2D eigenvalue weighted by atomic mass is 32.2. The number of carbonyl (C=O) groups excluding carboxylic acids is 2. The third-order valence-corrected chi connectivity index (χ3v) is 1.56. The van der Waals surface area contributed by atoms with Crippen LogP contribution in [-0.2, 0) is 19.4 Å². The number of nitrogens with one attached hydrogen (secondary N) is 1. The van der Waals surface area contributed by atoms with Crippen LogP contribution in [-0.4, -0.2) is 39.2 Å². The summed E-state index contributed by atoms with van der Waals surface area (Å²) in [7, 11) is -3.28. The van der Waals surface area contributed by atoms with Crippen LogP contribution in [0.3, 0.4) is 0 Å². The third kappa shape index (κ3) is 6.98. The Kier molecular flexibility index (Phi) is 3.73. The van der Waals surface area contributed by atoms with Crippen LogP contribution in [0.5, 0.6) is 0 Å². The molecular formula is C5H9NO4S. The molecule has 64 valence electrons. The molecular weight excluding hydrogens is 170 g/mol. The Morgan fingerprint density at radius 3 is 2.45 bits per heavy atom. The second kappa shape index (κ2) is 4.07. The number of hydrogen-bond donors (Lipinski definition) is 1. The number of amides is 1. The van der Waals surface area contributed by atoms with E-state index in [4.69, 9.17) is 0 Å². The highest BCUT2D eigenvalue weighted by Gasteiger charge is 2.08. The SMILES string of the molecule is CS(=O)(=O)CC(=O)NCC=O. The summed E-state index contributed by atoms with van der Waals surface area (Å²) in [6, 6.07) is 0. The van der Waals surface area contributed by atoms with Gasteiger partial charge in [0.05, 0.1) is 6.54 Å². The largest absolute Gasteiger partial charge is 0.348 e. The Morgan fingerprint density at radius 1 is 1.55 bits per heavy atom. The molecule has 0 atom stereocenters. The lowest BCUT2D eigenvalue weighted by atomic mass is 10.6. The minimum atomic E-state index is -3.28. The van der Waals surface area contributed by atoms with Crippen molar-refractivity contribution < 1.29 is 18.0 Å². The highest BCUT2D eigenvalue weighted by Crippen LogP contribution is 1.80. The van der Waals surface area contributed by atoms with Crippen LogP contribution in [0.4, 0.5) is 0 Å². The molecule has 0 rings (SSSR count). The number of sulfone groups is 1. The van der Waals surface area contributed by atoms with E-state index in [0.717, 1.165) is 6.26 Å². The van der Waals surface area contributed by atoms with Gasteiger partial charge in [0.25, 0.3) is 0 Å². The van der Waals surface area contributed by atoms with E-state index in [1.54, 1.807) is 0 Å². The molecule has 0 fully saturated rings. The van der Waals surface area contributed by atoms with E-state index in [2.05, 4.69) is 5.32 Å². The number of aldehydes is 1. The third-order valence-electron chi connectivity index (χ3n) is 0.776. The van der Waals surface area contributed by atoms with Crippen LogP contribution in [0.15, 0.2) is 0 Å². The summed E-state index contributed by atoms with van der Waals surface area (Å²) < 4.78 is 20.9. The van der Waals surface area contributed by atoms with Crippen molar-refractivity contribution in [2.75, 3.05) is 18.6 Å². The highest BCUT2D eigenvalue weighted by molar-refractivity contribution is 7.91. The van der Waals surface area contributed by atoms with Gasteiger partial charge in [-0.05, 0) is 0 Å². The maximum absolute atomic E-state index is 10.6. The number of rotatable bonds is 4. The summed E-state index contributed by atoms with van der Waals surface area (Å²) in [5.41, 5.74) is 0. The van der Waals surface area contributed by atoms with E-state index in [-0.39, 0.29) is 6.54 Å². The monoisotopic (exact) mass is 179 g/mol. The number of carbonyl (C=O) groups is 2. The first-order valence-electron chi connectivity index (χ1n) is 2.84. The number of hydrogen-bond acceptors (Lipinski definition) is 4. The first-order chi connectivity index (χ1) is 4.95. The van der Waals surface area contributed by atoms with Crippen molar-refractivity contribution in [3.8, 4) is 0 Å². The van der Waals surface area contributed by atoms with Gasteiger partial charge in [-0.15, -0.1) is 0 Å². The Morgan fingerprint density at radius 2 is 2.09 bits per heavy atom. The minimum Gasteiger partial charge on any atom is -0.348 e. The second-order valence-corrected chi connectivity index (χ2v) is 4.18. The molecule has 0 aliphatic carbocycles. The molecule has 1 N–H and O–H groups in total. The van der Waals surface area contributed by atoms with E-state index in [9.17, 15) is 18.0 Å². The average Bonchev–Trinajstić information content (AvgIpc) is 1.79. The van der Waals surface area contributed by atoms with E-state index in [0.29, 0.717) is 6.29 Å². The molecule has 0 aliphatic rings. The maximum Gasteiger partial charge on any atom is 0.235 e. The molecule has 0 saturated carbocycles. The van der Waals surface area contributed by atoms with Gasteiger partial charge in [0.1, 0.15) is 12.0 Å². The van der Waals surface area contributed by atoms with Crippen LogP contribution in [0.2, 0.25) is 0 Å². The zero-order valence-corrected chi connectivity index (χ0v) is 6.85. The molecule has 0 unspecified atom stereocenters. The summed E-state index contributed by atoms with van der Waals surface area (Å²) in [6.45, 7) is -0.144. The van der Waals surface area contributed by atoms with Gasteiger partial charge in [-0.3, -0.25) is 4.79 Å². The van der Waals surface area contributed by atoms with Gasteiger partial charge < -0.3 is 10.1 Å². The zero-order valence-electron chi connectivity index (χ0n) is 6.03. The molecule has 6 heteroatoms. The van der Waals surface area contributed by atoms with Crippen LogP contribution in [0.1, 0.15) is 0 Å². The van der Waals surface area contributed by atoms with Crippen LogP contribution in [0, 0.1) is 0 Å². The van der Waals surface area contributed by atoms with Gasteiger partial charge >= 0.3 is 0 Å². The lowest BCUT2D eigenvalue weighted by molar-refractivity contribution is -0.120. The van der Waals surface area contributed by atoms with Gasteiger partial charge in [-0.2, -0.15) is 0 Å². The molecule has 0 bridgehead atoms. The zero-order chi connectivity index (χ0) is 8.91. The fraction of sp³-hybridized carbons (Fsp3) is 0.600. The van der Waals surface area contributed by atoms with Gasteiger partial charge in [0, 0.05) is 6.26 Å². The summed E-state index contributed by atoms with van der Waals surface area (Å²) >= 11 is 0. The summed E-state index contributed by atoms with van der Waals surface area (Å²) in [5, 5.41) is 2.10. The molecule has 1 amide bonds. The first-order valence-corrected chi connectivity index (χ1v) is 4.90. The van der Waals surface area contributed by atoms with Gasteiger partial charge in [-0.25, -0.2) is 8.42 Å². The van der Waals surface area contributed by atoms with Crippen LogP contribution in [0.25, 0.3) is 0 Å². The average molecular weight is 179 g/mol. The van der Waals surface area contributed by atoms with E-state index in [1.165, 1.54) is 0 Å². The van der Waals surface area contributed by atoms with Crippen molar-refractivity contribution in [2.45, 2.75) is 0 Å². The van der Waals surface area contributed by atoms with Gasteiger partial charge in [0.15, 0.2) is 9.84 Å². The van der Waals surface area contributed by atoms with Crippen molar-refractivity contribution >= 4 is 22.0 Å². The Labute approximate surface area is 64.7 Å². The van der Waals surface area contributed by atoms with Crippen molar-refractivity contribution in [3.63, 3.8) is 0 Å². The van der Waals surface area contributed by atoms with Crippen molar-refractivity contribution in [3.05, 3.63) is 0 Å². The Bertz CT molecular complexity index is 243. The Balaban J connectivity index is 3.80. The van der Waals surface area contributed by atoms with E-state index in [1.807, 2.05) is 0 Å². The topological polar surface area (TPSA) is 80.3 Å². The van der Waals surface area contributed by atoms with Crippen LogP contribution < -0.4 is 5.32 Å². The second-order valence-electron chi connectivity index (χ2n) is 2.04. The van der Waals surface area contributed by atoms with Gasteiger partial charge in [0.2, 0.25) is 5.91 Å². The first kappa shape index (κ1) is 10.1. The maximum atomic E-state index is 10.6. The van der Waals surface area contributed by atoms with Crippen LogP contribution >= 0.6 is 0 Å². The molecule has 11 heavy (non-hydrogen) atoms. The molecule has 0 aliphatic heterocycles. The van der Waals surface area contributed by atoms with E-state index < -0.39 is 21.5 Å². The van der Waals surface area contributed by atoms with Gasteiger partial charge in [-0.1, -0.05) is 0 Å². The summed E-state index contributed by atoms with van der Waals surface area (Å²) in [5.74, 6) is -1.22. The van der Waals surface area contributed by atoms with Crippen molar-refractivity contribution in [1.29, 1.82) is 0 Å². The molecule has 0 heterocycles. The normalized spacial score (nSPS) is 10.6. The minimum absolute atomic E-state index is 0.144. The van der Waals surface area contributed by atoms with Crippen molar-refractivity contribution in [1.82, 2.24) is 5.32 Å². The molecule has 0 aromatic rings. The predicted octanol–water partition coefficient (Wildman–Crippen LogP) is -1.65. The summed E-state index contributed by atoms with van der Waals surface area (Å²) in [4.78, 5) is 20.3. The lowest BCUT2D eigenvalue weighted by Crippen LogP contribution is -2.31. The molecule has 5 nitrogen and oxygen atoms in total. The van der Waals surface area contributed by atoms with Crippen molar-refractivity contribution in [2.24, 2.45) is 0 Å². The molecule has 0 spiro atoms. The quantitative estimate of drug-likeness (QED) is 0.524. The smallest absolute Gasteiger partial charge is 0.235 e. The lowest BCUT2D eigenvalue weighted by Gasteiger charge is -1.97. The van der Waals surface area contributed by atoms with E-state index >= 15 is 0 Å². The molecule has 0 aromatic carbocycles. The Hall–Kier alpha value is -0.910. The molecule has 0 saturated heterocycles. The fourth-order valence-corrected chi connectivity index (χ4v) is 1.02.